The van der Waals surface area contributed by atoms with E-state index in [1.54, 1.807) is 7.11 Å². The van der Waals surface area contributed by atoms with Gasteiger partial charge in [0.05, 0.1) is 5.41 Å². The third kappa shape index (κ3) is 4.43. The molecule has 1 unspecified atom stereocenters. The summed E-state index contributed by atoms with van der Waals surface area (Å²) in [5, 5.41) is 3.01. The SMILES string of the molecule is COCCC1(C(=O)NCC(N)c2ccccc2)CCC1.Cl. The van der Waals surface area contributed by atoms with Gasteiger partial charge in [0.1, 0.15) is 0 Å². The Balaban J connectivity index is 0.00000220. The highest BCUT2D eigenvalue weighted by molar-refractivity contribution is 5.85. The molecule has 1 aromatic rings. The maximum absolute atomic E-state index is 12.4. The van der Waals surface area contributed by atoms with Crippen molar-refractivity contribution in [3.05, 3.63) is 35.9 Å². The first-order valence-electron chi connectivity index (χ1n) is 7.26. The zero-order chi connectivity index (χ0) is 14.4. The number of halogens is 1. The molecule has 0 radical (unpaired) electrons. The molecule has 118 valence electrons. The Labute approximate surface area is 132 Å². The maximum atomic E-state index is 12.4. The molecule has 1 saturated carbocycles. The fourth-order valence-electron chi connectivity index (χ4n) is 2.70. The summed E-state index contributed by atoms with van der Waals surface area (Å²) < 4.78 is 5.11. The van der Waals surface area contributed by atoms with Crippen LogP contribution in [0.25, 0.3) is 0 Å². The highest BCUT2D eigenvalue weighted by Crippen LogP contribution is 2.44. The van der Waals surface area contributed by atoms with Gasteiger partial charge in [0.25, 0.3) is 0 Å². The van der Waals surface area contributed by atoms with Gasteiger partial charge in [-0.05, 0) is 24.8 Å². The summed E-state index contributed by atoms with van der Waals surface area (Å²) in [6.45, 7) is 1.12. The highest BCUT2D eigenvalue weighted by atomic mass is 35.5. The molecule has 0 aliphatic heterocycles. The van der Waals surface area contributed by atoms with Crippen molar-refractivity contribution < 1.29 is 9.53 Å². The van der Waals surface area contributed by atoms with Crippen molar-refractivity contribution in [1.82, 2.24) is 5.32 Å². The molecule has 4 nitrogen and oxygen atoms in total. The van der Waals surface area contributed by atoms with Gasteiger partial charge in [-0.3, -0.25) is 4.79 Å². The van der Waals surface area contributed by atoms with Crippen molar-refractivity contribution in [3.8, 4) is 0 Å². The van der Waals surface area contributed by atoms with E-state index in [1.807, 2.05) is 30.3 Å². The monoisotopic (exact) mass is 312 g/mol. The Bertz CT molecular complexity index is 435. The van der Waals surface area contributed by atoms with Gasteiger partial charge in [-0.25, -0.2) is 0 Å². The molecule has 1 fully saturated rings. The first kappa shape index (κ1) is 18.0. The minimum absolute atomic E-state index is 0. The number of nitrogens with one attached hydrogen (secondary N) is 1. The van der Waals surface area contributed by atoms with Crippen LogP contribution in [-0.2, 0) is 9.53 Å². The predicted molar refractivity (Wildman–Crippen MR) is 86.4 cm³/mol. The van der Waals surface area contributed by atoms with Gasteiger partial charge >= 0.3 is 0 Å². The lowest BCUT2D eigenvalue weighted by Gasteiger charge is -2.40. The molecular formula is C16H25ClN2O2. The van der Waals surface area contributed by atoms with Gasteiger partial charge in [-0.2, -0.15) is 0 Å². The molecule has 21 heavy (non-hydrogen) atoms. The third-order valence-corrected chi connectivity index (χ3v) is 4.29. The van der Waals surface area contributed by atoms with E-state index in [0.29, 0.717) is 13.2 Å². The van der Waals surface area contributed by atoms with Crippen molar-refractivity contribution in [2.24, 2.45) is 11.1 Å². The summed E-state index contributed by atoms with van der Waals surface area (Å²) in [4.78, 5) is 12.4. The molecule has 1 aromatic carbocycles. The molecule has 5 heteroatoms. The van der Waals surface area contributed by atoms with Gasteiger partial charge in [-0.15, -0.1) is 12.4 Å². The Morgan fingerprint density at radius 1 is 1.38 bits per heavy atom. The van der Waals surface area contributed by atoms with Gasteiger partial charge in [0.2, 0.25) is 5.91 Å². The quantitative estimate of drug-likeness (QED) is 0.812. The number of benzene rings is 1. The second-order valence-electron chi connectivity index (χ2n) is 5.60. The maximum Gasteiger partial charge on any atom is 0.226 e. The minimum atomic E-state index is -0.216. The number of carbonyl (C=O) groups is 1. The largest absolute Gasteiger partial charge is 0.385 e. The summed E-state index contributed by atoms with van der Waals surface area (Å²) in [6.07, 6.45) is 3.85. The number of carbonyl (C=O) groups excluding carboxylic acids is 1. The highest BCUT2D eigenvalue weighted by Gasteiger charge is 2.43. The Kier molecular flexibility index (Phi) is 7.15. The number of rotatable bonds is 7. The van der Waals surface area contributed by atoms with Crippen molar-refractivity contribution in [2.75, 3.05) is 20.3 Å². The minimum Gasteiger partial charge on any atom is -0.385 e. The molecule has 0 bridgehead atoms. The number of nitrogens with two attached hydrogens (primary N) is 1. The normalized spacial score (nSPS) is 17.2. The van der Waals surface area contributed by atoms with Crippen molar-refractivity contribution in [1.29, 1.82) is 0 Å². The lowest BCUT2D eigenvalue weighted by atomic mass is 9.66. The van der Waals surface area contributed by atoms with E-state index < -0.39 is 0 Å². The van der Waals surface area contributed by atoms with Crippen molar-refractivity contribution in [3.63, 3.8) is 0 Å². The predicted octanol–water partition coefficient (Wildman–Crippen LogP) is 2.43. The summed E-state index contributed by atoms with van der Waals surface area (Å²) in [7, 11) is 1.68. The van der Waals surface area contributed by atoms with Gasteiger partial charge in [0, 0.05) is 26.3 Å². The van der Waals surface area contributed by atoms with Gasteiger partial charge in [0.15, 0.2) is 0 Å². The Morgan fingerprint density at radius 3 is 2.57 bits per heavy atom. The molecule has 0 spiro atoms. The molecule has 2 rings (SSSR count). The van der Waals surface area contributed by atoms with E-state index >= 15 is 0 Å². The number of amides is 1. The topological polar surface area (TPSA) is 64.3 Å². The fourth-order valence-corrected chi connectivity index (χ4v) is 2.70. The van der Waals surface area contributed by atoms with Crippen LogP contribution in [0.3, 0.4) is 0 Å². The van der Waals surface area contributed by atoms with Crippen LogP contribution in [0.5, 0.6) is 0 Å². The van der Waals surface area contributed by atoms with Crippen LogP contribution in [0, 0.1) is 5.41 Å². The summed E-state index contributed by atoms with van der Waals surface area (Å²) in [6, 6.07) is 9.70. The van der Waals surface area contributed by atoms with Crippen LogP contribution in [0.2, 0.25) is 0 Å². The molecule has 0 heterocycles. The van der Waals surface area contributed by atoms with Crippen molar-refractivity contribution >= 4 is 18.3 Å². The first-order valence-corrected chi connectivity index (χ1v) is 7.26. The van der Waals surface area contributed by atoms with E-state index in [4.69, 9.17) is 10.5 Å². The molecule has 3 N–H and O–H groups in total. The number of ether oxygens (including phenoxy) is 1. The Hall–Kier alpha value is -1.10. The zero-order valence-electron chi connectivity index (χ0n) is 12.5. The van der Waals surface area contributed by atoms with E-state index in [1.165, 1.54) is 0 Å². The smallest absolute Gasteiger partial charge is 0.226 e. The van der Waals surface area contributed by atoms with Crippen LogP contribution in [0.4, 0.5) is 0 Å². The van der Waals surface area contributed by atoms with Crippen LogP contribution < -0.4 is 11.1 Å². The average Bonchev–Trinajstić information content (AvgIpc) is 2.44. The lowest BCUT2D eigenvalue weighted by molar-refractivity contribution is -0.137. The molecule has 1 aliphatic rings. The van der Waals surface area contributed by atoms with Crippen LogP contribution in [0.1, 0.15) is 37.3 Å². The van der Waals surface area contributed by atoms with Gasteiger partial charge in [-0.1, -0.05) is 36.8 Å². The number of hydrogen-bond acceptors (Lipinski definition) is 3. The Morgan fingerprint density at radius 2 is 2.05 bits per heavy atom. The number of hydrogen-bond donors (Lipinski definition) is 2. The van der Waals surface area contributed by atoms with E-state index in [0.717, 1.165) is 31.2 Å². The summed E-state index contributed by atoms with van der Waals surface area (Å²) in [5.74, 6) is 0.132. The van der Waals surface area contributed by atoms with Crippen LogP contribution >= 0.6 is 12.4 Å². The van der Waals surface area contributed by atoms with E-state index in [2.05, 4.69) is 5.32 Å². The summed E-state index contributed by atoms with van der Waals surface area (Å²) >= 11 is 0. The van der Waals surface area contributed by atoms with E-state index in [9.17, 15) is 4.79 Å². The molecule has 1 aliphatic carbocycles. The first-order chi connectivity index (χ1) is 9.68. The second kappa shape index (κ2) is 8.37. The molecular weight excluding hydrogens is 288 g/mol. The van der Waals surface area contributed by atoms with E-state index in [-0.39, 0.29) is 29.8 Å². The molecule has 0 saturated heterocycles. The van der Waals surface area contributed by atoms with Gasteiger partial charge < -0.3 is 15.8 Å². The zero-order valence-corrected chi connectivity index (χ0v) is 13.3. The molecule has 1 amide bonds. The average molecular weight is 313 g/mol. The third-order valence-electron chi connectivity index (χ3n) is 4.29. The molecule has 0 aromatic heterocycles. The summed E-state index contributed by atoms with van der Waals surface area (Å²) in [5.41, 5.74) is 6.94. The standard InChI is InChI=1S/C16H24N2O2.ClH/c1-20-11-10-16(8-5-9-16)15(19)18-12-14(17)13-6-3-2-4-7-13;/h2-4,6-7,14H,5,8-12,17H2,1H3,(H,18,19);1H. The molecule has 1 atom stereocenters. The van der Waals surface area contributed by atoms with Crippen LogP contribution in [-0.4, -0.2) is 26.2 Å². The van der Waals surface area contributed by atoms with Crippen LogP contribution in [0.15, 0.2) is 30.3 Å². The lowest BCUT2D eigenvalue weighted by Crippen LogP contribution is -2.47. The fraction of sp³-hybridized carbons (Fsp3) is 0.562. The number of methoxy groups -OCH3 is 1. The second-order valence-corrected chi connectivity index (χ2v) is 5.60. The van der Waals surface area contributed by atoms with Crippen molar-refractivity contribution in [2.45, 2.75) is 31.7 Å².